The normalized spacial score (nSPS) is 48.5. The standard InChI is InChI=1S/C19H18N2O4/c22-16-12-8-1-2-9(5-8)13(12)17(23)20(16)7-21-18(24)14-10-3-4-11(6-10)15(14)19(21)25/h1-4,8-15H,5-7H2. The van der Waals surface area contributed by atoms with Gasteiger partial charge in [0, 0.05) is 0 Å². The molecule has 0 aromatic heterocycles. The maximum Gasteiger partial charge on any atom is 0.235 e. The smallest absolute Gasteiger partial charge is 0.235 e. The molecule has 6 rings (SSSR count). The number of hydrogen-bond donors (Lipinski definition) is 0. The summed E-state index contributed by atoms with van der Waals surface area (Å²) in [4.78, 5) is 53.5. The molecule has 2 saturated carbocycles. The van der Waals surface area contributed by atoms with Gasteiger partial charge in [0.15, 0.2) is 0 Å². The van der Waals surface area contributed by atoms with Crippen molar-refractivity contribution < 1.29 is 19.2 Å². The van der Waals surface area contributed by atoms with Crippen molar-refractivity contribution in [2.24, 2.45) is 47.3 Å². The largest absolute Gasteiger partial charge is 0.274 e. The van der Waals surface area contributed by atoms with Crippen LogP contribution in [0.3, 0.4) is 0 Å². The van der Waals surface area contributed by atoms with Crippen molar-refractivity contribution >= 4 is 23.6 Å². The Morgan fingerprint density at radius 2 is 0.880 bits per heavy atom. The molecule has 2 heterocycles. The summed E-state index contributed by atoms with van der Waals surface area (Å²) in [5, 5.41) is 0. The lowest BCUT2D eigenvalue weighted by atomic mass is 9.85. The lowest BCUT2D eigenvalue weighted by Crippen LogP contribution is -2.46. The van der Waals surface area contributed by atoms with Gasteiger partial charge < -0.3 is 0 Å². The summed E-state index contributed by atoms with van der Waals surface area (Å²) in [5.74, 6) is -1.39. The first-order valence-corrected chi connectivity index (χ1v) is 9.13. The monoisotopic (exact) mass is 338 g/mol. The molecule has 8 unspecified atom stereocenters. The number of rotatable bonds is 2. The Labute approximate surface area is 144 Å². The number of allylic oxidation sites excluding steroid dienone is 4. The number of nitrogens with zero attached hydrogens (tertiary/aromatic N) is 2. The van der Waals surface area contributed by atoms with Crippen LogP contribution in [0.15, 0.2) is 24.3 Å². The second kappa shape index (κ2) is 4.29. The number of likely N-dealkylation sites (tertiary alicyclic amines) is 2. The third-order valence-electron chi connectivity index (χ3n) is 7.41. The van der Waals surface area contributed by atoms with E-state index in [1.807, 2.05) is 24.3 Å². The van der Waals surface area contributed by atoms with E-state index in [2.05, 4.69) is 0 Å². The van der Waals surface area contributed by atoms with E-state index < -0.39 is 0 Å². The van der Waals surface area contributed by atoms with E-state index in [0.717, 1.165) is 12.8 Å². The molecule has 2 aliphatic heterocycles. The molecule has 25 heavy (non-hydrogen) atoms. The third kappa shape index (κ3) is 1.48. The van der Waals surface area contributed by atoms with Crippen molar-refractivity contribution in [3.05, 3.63) is 24.3 Å². The Bertz CT molecular complexity index is 688. The van der Waals surface area contributed by atoms with Gasteiger partial charge in [0.05, 0.1) is 23.7 Å². The lowest BCUT2D eigenvalue weighted by Gasteiger charge is -2.24. The molecule has 6 nitrogen and oxygen atoms in total. The van der Waals surface area contributed by atoms with Crippen LogP contribution in [0.1, 0.15) is 12.8 Å². The van der Waals surface area contributed by atoms with E-state index in [0.29, 0.717) is 0 Å². The average molecular weight is 338 g/mol. The SMILES string of the molecule is O=C1C2C3C=CC(C3)C2C(=O)N1CN1C(=O)C2C3C=CC(C3)C2C1=O. The predicted molar refractivity (Wildman–Crippen MR) is 84.0 cm³/mol. The zero-order valence-corrected chi connectivity index (χ0v) is 13.6. The lowest BCUT2D eigenvalue weighted by molar-refractivity contribution is -0.149. The number of imide groups is 2. The van der Waals surface area contributed by atoms with Crippen molar-refractivity contribution in [3.8, 4) is 0 Å². The van der Waals surface area contributed by atoms with Gasteiger partial charge in [-0.1, -0.05) is 24.3 Å². The minimum atomic E-state index is -0.285. The van der Waals surface area contributed by atoms with Crippen molar-refractivity contribution in [1.29, 1.82) is 0 Å². The molecule has 0 radical (unpaired) electrons. The molecule has 128 valence electrons. The Morgan fingerprint density at radius 3 is 1.16 bits per heavy atom. The first-order valence-electron chi connectivity index (χ1n) is 9.13. The Hall–Kier alpha value is -2.24. The second-order valence-corrected chi connectivity index (χ2v) is 8.35. The van der Waals surface area contributed by atoms with E-state index in [-0.39, 0.29) is 77.6 Å². The summed E-state index contributed by atoms with van der Waals surface area (Å²) in [6, 6.07) is 0. The summed E-state index contributed by atoms with van der Waals surface area (Å²) in [6.45, 7) is -0.186. The van der Waals surface area contributed by atoms with Crippen LogP contribution in [0, 0.1) is 47.3 Å². The van der Waals surface area contributed by atoms with Crippen molar-refractivity contribution in [2.75, 3.05) is 6.67 Å². The van der Waals surface area contributed by atoms with E-state index >= 15 is 0 Å². The molecule has 4 amide bonds. The summed E-state index contributed by atoms with van der Waals surface area (Å²) in [7, 11) is 0. The maximum atomic E-state index is 12.8. The van der Waals surface area contributed by atoms with Crippen molar-refractivity contribution in [2.45, 2.75) is 12.8 Å². The highest BCUT2D eigenvalue weighted by Gasteiger charge is 2.62. The van der Waals surface area contributed by atoms with Gasteiger partial charge in [-0.2, -0.15) is 0 Å². The van der Waals surface area contributed by atoms with Crippen LogP contribution in [-0.2, 0) is 19.2 Å². The molecule has 4 aliphatic carbocycles. The van der Waals surface area contributed by atoms with Gasteiger partial charge in [0.2, 0.25) is 23.6 Å². The molecule has 2 saturated heterocycles. The first kappa shape index (κ1) is 14.0. The van der Waals surface area contributed by atoms with Crippen LogP contribution in [0.5, 0.6) is 0 Å². The Morgan fingerprint density at radius 1 is 0.600 bits per heavy atom. The van der Waals surface area contributed by atoms with Crippen LogP contribution in [0.25, 0.3) is 0 Å². The van der Waals surface area contributed by atoms with Gasteiger partial charge in [-0.3, -0.25) is 29.0 Å². The van der Waals surface area contributed by atoms with E-state index in [9.17, 15) is 19.2 Å². The Balaban J connectivity index is 1.28. The van der Waals surface area contributed by atoms with Gasteiger partial charge in [0.25, 0.3) is 0 Å². The number of carbonyl (C=O) groups excluding carboxylic acids is 4. The van der Waals surface area contributed by atoms with E-state index in [1.54, 1.807) is 0 Å². The summed E-state index contributed by atoms with van der Waals surface area (Å²) in [6.07, 6.45) is 9.92. The molecule has 8 atom stereocenters. The first-order chi connectivity index (χ1) is 12.1. The van der Waals surface area contributed by atoms with Gasteiger partial charge in [-0.15, -0.1) is 0 Å². The summed E-state index contributed by atoms with van der Waals surface area (Å²) < 4.78 is 0. The predicted octanol–water partition coefficient (Wildman–Crippen LogP) is 0.558. The molecule has 0 N–H and O–H groups in total. The van der Waals surface area contributed by atoms with Gasteiger partial charge in [0.1, 0.15) is 6.67 Å². The molecule has 0 aromatic rings. The fourth-order valence-electron chi connectivity index (χ4n) is 6.35. The van der Waals surface area contributed by atoms with Gasteiger partial charge >= 0.3 is 0 Å². The summed E-state index contributed by atoms with van der Waals surface area (Å²) in [5.41, 5.74) is 0. The molecule has 6 aliphatic rings. The zero-order chi connectivity index (χ0) is 17.0. The van der Waals surface area contributed by atoms with Crippen LogP contribution >= 0.6 is 0 Å². The number of amides is 4. The van der Waals surface area contributed by atoms with Gasteiger partial charge in [-0.05, 0) is 36.5 Å². The highest BCUT2D eigenvalue weighted by Crippen LogP contribution is 2.54. The minimum absolute atomic E-state index is 0.140. The topological polar surface area (TPSA) is 74.8 Å². The minimum Gasteiger partial charge on any atom is -0.274 e. The molecule has 0 aromatic carbocycles. The van der Waals surface area contributed by atoms with Crippen LogP contribution < -0.4 is 0 Å². The van der Waals surface area contributed by atoms with E-state index in [4.69, 9.17) is 0 Å². The molecule has 0 spiro atoms. The summed E-state index contributed by atoms with van der Waals surface area (Å²) >= 11 is 0. The van der Waals surface area contributed by atoms with Crippen LogP contribution in [0.4, 0.5) is 0 Å². The maximum absolute atomic E-state index is 12.8. The van der Waals surface area contributed by atoms with Crippen LogP contribution in [0.2, 0.25) is 0 Å². The molecule has 6 heteroatoms. The zero-order valence-electron chi connectivity index (χ0n) is 13.6. The van der Waals surface area contributed by atoms with Crippen molar-refractivity contribution in [3.63, 3.8) is 0 Å². The number of hydrogen-bond acceptors (Lipinski definition) is 4. The highest BCUT2D eigenvalue weighted by atomic mass is 16.2. The fourth-order valence-corrected chi connectivity index (χ4v) is 6.35. The fraction of sp³-hybridized carbons (Fsp3) is 0.579. The molecular weight excluding hydrogens is 320 g/mol. The molecule has 4 bridgehead atoms. The quantitative estimate of drug-likeness (QED) is 0.545. The number of fused-ring (bicyclic) bond motifs is 10. The number of carbonyl (C=O) groups is 4. The molecule has 4 fully saturated rings. The third-order valence-corrected chi connectivity index (χ3v) is 7.41. The highest BCUT2D eigenvalue weighted by molar-refractivity contribution is 6.09. The Kier molecular flexibility index (Phi) is 2.40. The molecular formula is C19H18N2O4. The second-order valence-electron chi connectivity index (χ2n) is 8.35. The van der Waals surface area contributed by atoms with Gasteiger partial charge in [-0.25, -0.2) is 0 Å². The van der Waals surface area contributed by atoms with Crippen molar-refractivity contribution in [1.82, 2.24) is 9.80 Å². The van der Waals surface area contributed by atoms with E-state index in [1.165, 1.54) is 9.80 Å². The van der Waals surface area contributed by atoms with Crippen LogP contribution in [-0.4, -0.2) is 40.1 Å². The average Bonchev–Trinajstić information content (AvgIpc) is 3.40.